The molecule has 3 nitrogen and oxygen atoms in total. The molecule has 2 N–H and O–H groups in total. The second-order valence-electron chi connectivity index (χ2n) is 5.42. The average Bonchev–Trinajstić information content (AvgIpc) is 2.27. The summed E-state index contributed by atoms with van der Waals surface area (Å²) in [7, 11) is 0. The lowest BCUT2D eigenvalue weighted by atomic mass is 9.94. The number of amides is 1. The fraction of sp³-hybridized carbons (Fsp3) is 0.923. The predicted molar refractivity (Wildman–Crippen MR) is 67.2 cm³/mol. The van der Waals surface area contributed by atoms with E-state index >= 15 is 0 Å². The number of hydrogen-bond donors (Lipinski definition) is 2. The van der Waals surface area contributed by atoms with Crippen LogP contribution in [-0.2, 0) is 4.79 Å². The summed E-state index contributed by atoms with van der Waals surface area (Å²) < 4.78 is 0. The SMILES string of the molecule is CC(C)C(C)CNC(=O)CC1CCNCC1. The summed E-state index contributed by atoms with van der Waals surface area (Å²) >= 11 is 0. The quantitative estimate of drug-likeness (QED) is 0.750. The van der Waals surface area contributed by atoms with Crippen LogP contribution in [0.4, 0.5) is 0 Å². The minimum absolute atomic E-state index is 0.236. The molecule has 1 rings (SSSR count). The molecule has 0 aromatic rings. The van der Waals surface area contributed by atoms with Crippen LogP contribution >= 0.6 is 0 Å². The van der Waals surface area contributed by atoms with Crippen molar-refractivity contribution in [1.29, 1.82) is 0 Å². The standard InChI is InChI=1S/C13H26N2O/c1-10(2)11(3)9-15-13(16)8-12-4-6-14-7-5-12/h10-12,14H,4-9H2,1-3H3,(H,15,16). The van der Waals surface area contributed by atoms with Crippen molar-refractivity contribution in [3.63, 3.8) is 0 Å². The first-order valence-corrected chi connectivity index (χ1v) is 6.57. The van der Waals surface area contributed by atoms with Crippen molar-refractivity contribution in [1.82, 2.24) is 10.6 Å². The zero-order valence-electron chi connectivity index (χ0n) is 10.9. The van der Waals surface area contributed by atoms with Gasteiger partial charge in [-0.25, -0.2) is 0 Å². The Labute approximate surface area is 99.4 Å². The van der Waals surface area contributed by atoms with Crippen LogP contribution in [0.5, 0.6) is 0 Å². The maximum atomic E-state index is 11.7. The van der Waals surface area contributed by atoms with Crippen LogP contribution in [0.25, 0.3) is 0 Å². The molecule has 1 aliphatic heterocycles. The van der Waals surface area contributed by atoms with E-state index in [0.29, 0.717) is 24.2 Å². The van der Waals surface area contributed by atoms with Gasteiger partial charge in [0.15, 0.2) is 0 Å². The third-order valence-electron chi connectivity index (χ3n) is 3.69. The zero-order chi connectivity index (χ0) is 12.0. The van der Waals surface area contributed by atoms with Crippen molar-refractivity contribution in [2.75, 3.05) is 19.6 Å². The molecule has 0 saturated carbocycles. The van der Waals surface area contributed by atoms with Gasteiger partial charge in [0.2, 0.25) is 5.91 Å². The van der Waals surface area contributed by atoms with Gasteiger partial charge < -0.3 is 10.6 Å². The van der Waals surface area contributed by atoms with E-state index in [-0.39, 0.29) is 5.91 Å². The van der Waals surface area contributed by atoms with E-state index in [2.05, 4.69) is 31.4 Å². The van der Waals surface area contributed by atoms with Crippen LogP contribution in [0.1, 0.15) is 40.0 Å². The van der Waals surface area contributed by atoms with E-state index in [1.807, 2.05) is 0 Å². The molecule has 1 heterocycles. The first-order chi connectivity index (χ1) is 7.59. The molecular weight excluding hydrogens is 200 g/mol. The number of hydrogen-bond acceptors (Lipinski definition) is 2. The lowest BCUT2D eigenvalue weighted by molar-refractivity contribution is -0.122. The van der Waals surface area contributed by atoms with Gasteiger partial charge in [0.05, 0.1) is 0 Å². The molecule has 0 aromatic heterocycles. The molecule has 16 heavy (non-hydrogen) atoms. The molecule has 0 spiro atoms. The highest BCUT2D eigenvalue weighted by Crippen LogP contribution is 2.15. The Morgan fingerprint density at radius 3 is 2.50 bits per heavy atom. The third kappa shape index (κ3) is 4.97. The molecular formula is C13H26N2O. The molecule has 0 aliphatic carbocycles. The molecule has 94 valence electrons. The Morgan fingerprint density at radius 1 is 1.31 bits per heavy atom. The van der Waals surface area contributed by atoms with Gasteiger partial charge in [-0.3, -0.25) is 4.79 Å². The fourth-order valence-corrected chi connectivity index (χ4v) is 1.93. The highest BCUT2D eigenvalue weighted by atomic mass is 16.1. The molecule has 1 fully saturated rings. The lowest BCUT2D eigenvalue weighted by Crippen LogP contribution is -2.34. The maximum Gasteiger partial charge on any atom is 0.220 e. The summed E-state index contributed by atoms with van der Waals surface area (Å²) in [4.78, 5) is 11.7. The number of rotatable bonds is 5. The Hall–Kier alpha value is -0.570. The van der Waals surface area contributed by atoms with E-state index in [0.717, 1.165) is 32.5 Å². The van der Waals surface area contributed by atoms with Crippen LogP contribution in [-0.4, -0.2) is 25.5 Å². The fourth-order valence-electron chi connectivity index (χ4n) is 1.93. The van der Waals surface area contributed by atoms with Crippen LogP contribution in [0, 0.1) is 17.8 Å². The first kappa shape index (κ1) is 13.5. The number of nitrogens with one attached hydrogen (secondary N) is 2. The van der Waals surface area contributed by atoms with Gasteiger partial charge in [0.25, 0.3) is 0 Å². The summed E-state index contributed by atoms with van der Waals surface area (Å²) in [5.74, 6) is 2.03. The van der Waals surface area contributed by atoms with E-state index < -0.39 is 0 Å². The molecule has 1 saturated heterocycles. The second-order valence-corrected chi connectivity index (χ2v) is 5.42. The highest BCUT2D eigenvalue weighted by Gasteiger charge is 2.17. The van der Waals surface area contributed by atoms with Crippen molar-refractivity contribution in [2.24, 2.45) is 17.8 Å². The maximum absolute atomic E-state index is 11.7. The molecule has 1 aliphatic rings. The molecule has 1 amide bonds. The van der Waals surface area contributed by atoms with Crippen molar-refractivity contribution in [3.8, 4) is 0 Å². The van der Waals surface area contributed by atoms with Crippen molar-refractivity contribution in [2.45, 2.75) is 40.0 Å². The normalized spacial score (nSPS) is 19.8. The van der Waals surface area contributed by atoms with Gasteiger partial charge in [-0.05, 0) is 43.7 Å². The smallest absolute Gasteiger partial charge is 0.220 e. The Morgan fingerprint density at radius 2 is 1.94 bits per heavy atom. The van der Waals surface area contributed by atoms with Crippen LogP contribution in [0.3, 0.4) is 0 Å². The van der Waals surface area contributed by atoms with E-state index in [9.17, 15) is 4.79 Å². The molecule has 0 bridgehead atoms. The van der Waals surface area contributed by atoms with Crippen molar-refractivity contribution < 1.29 is 4.79 Å². The summed E-state index contributed by atoms with van der Waals surface area (Å²) in [6, 6.07) is 0. The second kappa shape index (κ2) is 6.89. The van der Waals surface area contributed by atoms with Gasteiger partial charge in [-0.15, -0.1) is 0 Å². The van der Waals surface area contributed by atoms with Gasteiger partial charge in [-0.2, -0.15) is 0 Å². The number of carbonyl (C=O) groups is 1. The minimum atomic E-state index is 0.236. The van der Waals surface area contributed by atoms with Crippen LogP contribution in [0.15, 0.2) is 0 Å². The predicted octanol–water partition coefficient (Wildman–Crippen LogP) is 1.78. The van der Waals surface area contributed by atoms with Gasteiger partial charge in [0, 0.05) is 13.0 Å². The van der Waals surface area contributed by atoms with Crippen LogP contribution in [0.2, 0.25) is 0 Å². The minimum Gasteiger partial charge on any atom is -0.356 e. The largest absolute Gasteiger partial charge is 0.356 e. The number of carbonyl (C=O) groups excluding carboxylic acids is 1. The van der Waals surface area contributed by atoms with Crippen molar-refractivity contribution >= 4 is 5.91 Å². The van der Waals surface area contributed by atoms with E-state index in [1.54, 1.807) is 0 Å². The highest BCUT2D eigenvalue weighted by molar-refractivity contribution is 5.76. The third-order valence-corrected chi connectivity index (χ3v) is 3.69. The van der Waals surface area contributed by atoms with Gasteiger partial charge in [0.1, 0.15) is 0 Å². The topological polar surface area (TPSA) is 41.1 Å². The Kier molecular flexibility index (Phi) is 5.81. The summed E-state index contributed by atoms with van der Waals surface area (Å²) in [6.45, 7) is 9.55. The summed E-state index contributed by atoms with van der Waals surface area (Å²) in [5.41, 5.74) is 0. The van der Waals surface area contributed by atoms with Gasteiger partial charge in [-0.1, -0.05) is 20.8 Å². The van der Waals surface area contributed by atoms with E-state index in [1.165, 1.54) is 0 Å². The average molecular weight is 226 g/mol. The molecule has 1 unspecified atom stereocenters. The Balaban J connectivity index is 2.14. The molecule has 0 aromatic carbocycles. The van der Waals surface area contributed by atoms with Gasteiger partial charge >= 0.3 is 0 Å². The zero-order valence-corrected chi connectivity index (χ0v) is 10.9. The Bertz CT molecular complexity index is 210. The molecule has 3 heteroatoms. The summed E-state index contributed by atoms with van der Waals surface area (Å²) in [6.07, 6.45) is 3.01. The van der Waals surface area contributed by atoms with Crippen molar-refractivity contribution in [3.05, 3.63) is 0 Å². The lowest BCUT2D eigenvalue weighted by Gasteiger charge is -2.22. The summed E-state index contributed by atoms with van der Waals surface area (Å²) in [5, 5.41) is 6.37. The van der Waals surface area contributed by atoms with Crippen LogP contribution < -0.4 is 10.6 Å². The first-order valence-electron chi connectivity index (χ1n) is 6.57. The monoisotopic (exact) mass is 226 g/mol. The molecule has 0 radical (unpaired) electrons. The van der Waals surface area contributed by atoms with E-state index in [4.69, 9.17) is 0 Å². The molecule has 1 atom stereocenters. The number of piperidine rings is 1.